The molecule has 41 heavy (non-hydrogen) atoms. The van der Waals surface area contributed by atoms with Crippen LogP contribution >= 0.6 is 0 Å². The normalized spacial score (nSPS) is 14.2. The molecule has 0 spiro atoms. The van der Waals surface area contributed by atoms with Crippen molar-refractivity contribution in [3.05, 3.63) is 59.7 Å². The summed E-state index contributed by atoms with van der Waals surface area (Å²) in [6.07, 6.45) is -1.85. The molecule has 2 aromatic carbocycles. The number of carbonyl (C=O) groups is 4. The Hall–Kier alpha value is -4.12. The molecule has 0 unspecified atom stereocenters. The zero-order chi connectivity index (χ0) is 30.4. The molecule has 0 bridgehead atoms. The second-order valence-corrected chi connectivity index (χ2v) is 11.6. The Morgan fingerprint density at radius 1 is 0.756 bits per heavy atom. The van der Waals surface area contributed by atoms with Gasteiger partial charge in [-0.1, -0.05) is 48.5 Å². The number of esters is 1. The molecule has 222 valence electrons. The maximum atomic E-state index is 12.9. The molecule has 0 heterocycles. The van der Waals surface area contributed by atoms with Crippen molar-refractivity contribution in [1.82, 2.24) is 10.6 Å². The topological polar surface area (TPSA) is 149 Å². The molecule has 0 radical (unpaired) electrons. The Morgan fingerprint density at radius 2 is 1.29 bits per heavy atom. The second kappa shape index (κ2) is 13.0. The Bertz CT molecular complexity index is 1220. The summed E-state index contributed by atoms with van der Waals surface area (Å²) in [7, 11) is 0. The SMILES string of the molecule is CC(C)(C)OC[C@H](NC(=O)OCC1c2ccccc2-c2ccccc21)C(=O)OC[C@H](NC(=O)OC(C)(C)C)C(=O)O. The van der Waals surface area contributed by atoms with Gasteiger partial charge in [0.05, 0.1) is 12.2 Å². The first-order valence-corrected chi connectivity index (χ1v) is 13.3. The molecule has 3 N–H and O–H groups in total. The third-order valence-electron chi connectivity index (χ3n) is 5.98. The molecule has 2 amide bonds. The molecule has 11 nitrogen and oxygen atoms in total. The minimum absolute atomic E-state index is 0.0304. The van der Waals surface area contributed by atoms with Gasteiger partial charge in [0.2, 0.25) is 0 Å². The highest BCUT2D eigenvalue weighted by molar-refractivity contribution is 5.83. The highest BCUT2D eigenvalue weighted by Gasteiger charge is 2.32. The molecule has 0 fully saturated rings. The van der Waals surface area contributed by atoms with Gasteiger partial charge in [0, 0.05) is 5.92 Å². The lowest BCUT2D eigenvalue weighted by Gasteiger charge is -2.25. The van der Waals surface area contributed by atoms with E-state index < -0.39 is 54.0 Å². The number of hydrogen-bond acceptors (Lipinski definition) is 8. The van der Waals surface area contributed by atoms with Crippen LogP contribution in [0.3, 0.4) is 0 Å². The molecule has 11 heteroatoms. The largest absolute Gasteiger partial charge is 0.480 e. The summed E-state index contributed by atoms with van der Waals surface area (Å²) < 4.78 is 21.4. The number of benzene rings is 2. The summed E-state index contributed by atoms with van der Waals surface area (Å²) in [6, 6.07) is 12.9. The number of nitrogens with one attached hydrogen (secondary N) is 2. The maximum absolute atomic E-state index is 12.9. The van der Waals surface area contributed by atoms with Gasteiger partial charge >= 0.3 is 24.1 Å². The van der Waals surface area contributed by atoms with Crippen molar-refractivity contribution < 1.29 is 43.2 Å². The lowest BCUT2D eigenvalue weighted by atomic mass is 9.98. The first kappa shape index (κ1) is 31.4. The Morgan fingerprint density at radius 3 is 1.80 bits per heavy atom. The Kier molecular flexibility index (Phi) is 9.98. The van der Waals surface area contributed by atoms with E-state index >= 15 is 0 Å². The number of amides is 2. The van der Waals surface area contributed by atoms with E-state index in [2.05, 4.69) is 10.6 Å². The van der Waals surface area contributed by atoms with Crippen LogP contribution in [0.25, 0.3) is 11.1 Å². The van der Waals surface area contributed by atoms with Gasteiger partial charge in [-0.25, -0.2) is 19.2 Å². The average Bonchev–Trinajstić information content (AvgIpc) is 3.19. The number of alkyl carbamates (subject to hydrolysis) is 2. The molecule has 0 saturated heterocycles. The van der Waals surface area contributed by atoms with E-state index in [0.717, 1.165) is 22.3 Å². The van der Waals surface area contributed by atoms with Gasteiger partial charge in [-0.05, 0) is 63.8 Å². The molecule has 0 aromatic heterocycles. The number of carboxylic acid groups (broad SMARTS) is 1. The lowest BCUT2D eigenvalue weighted by molar-refractivity contribution is -0.152. The van der Waals surface area contributed by atoms with Crippen molar-refractivity contribution in [3.8, 4) is 11.1 Å². The van der Waals surface area contributed by atoms with Gasteiger partial charge in [-0.15, -0.1) is 0 Å². The number of rotatable bonds is 10. The molecule has 2 aromatic rings. The fourth-order valence-electron chi connectivity index (χ4n) is 4.17. The van der Waals surface area contributed by atoms with Gasteiger partial charge in [-0.2, -0.15) is 0 Å². The summed E-state index contributed by atoms with van der Waals surface area (Å²) >= 11 is 0. The van der Waals surface area contributed by atoms with Crippen molar-refractivity contribution in [2.45, 2.75) is 70.7 Å². The lowest BCUT2D eigenvalue weighted by Crippen LogP contribution is -2.50. The van der Waals surface area contributed by atoms with E-state index in [4.69, 9.17) is 18.9 Å². The van der Waals surface area contributed by atoms with Crippen LogP contribution in [0.2, 0.25) is 0 Å². The fourth-order valence-corrected chi connectivity index (χ4v) is 4.17. The van der Waals surface area contributed by atoms with Crippen molar-refractivity contribution >= 4 is 24.1 Å². The molecular weight excluding hydrogens is 532 g/mol. The first-order chi connectivity index (χ1) is 19.1. The zero-order valence-corrected chi connectivity index (χ0v) is 24.2. The van der Waals surface area contributed by atoms with E-state index in [-0.39, 0.29) is 19.1 Å². The third kappa shape index (κ3) is 9.21. The number of hydrogen-bond donors (Lipinski definition) is 3. The standard InChI is InChI=1S/C30H38N2O9/c1-29(2,3)40-17-24(26(35)38-16-23(25(33)34)31-28(37)41-30(4,5)6)32-27(36)39-15-22-20-13-9-7-11-18(20)19-12-8-10-14-21(19)22/h7-14,22-24H,15-17H2,1-6H3,(H,31,37)(H,32,36)(H,33,34)/t23-,24-/m0/s1. The fraction of sp³-hybridized carbons (Fsp3) is 0.467. The van der Waals surface area contributed by atoms with Crippen molar-refractivity contribution in [2.75, 3.05) is 19.8 Å². The number of carboxylic acids is 1. The van der Waals surface area contributed by atoms with Gasteiger partial charge < -0.3 is 34.7 Å². The summed E-state index contributed by atoms with van der Waals surface area (Å²) in [6.45, 7) is 9.25. The number of aliphatic carboxylic acids is 1. The van der Waals surface area contributed by atoms with Crippen LogP contribution in [0.15, 0.2) is 48.5 Å². The smallest absolute Gasteiger partial charge is 0.408 e. The molecule has 0 aliphatic heterocycles. The molecule has 2 atom stereocenters. The highest BCUT2D eigenvalue weighted by Crippen LogP contribution is 2.44. The first-order valence-electron chi connectivity index (χ1n) is 13.3. The quantitative estimate of drug-likeness (QED) is 0.282. The highest BCUT2D eigenvalue weighted by atomic mass is 16.6. The van der Waals surface area contributed by atoms with Crippen molar-refractivity contribution in [2.24, 2.45) is 0 Å². The maximum Gasteiger partial charge on any atom is 0.408 e. The zero-order valence-electron chi connectivity index (χ0n) is 24.2. The second-order valence-electron chi connectivity index (χ2n) is 11.6. The van der Waals surface area contributed by atoms with Gasteiger partial charge in [-0.3, -0.25) is 0 Å². The molecule has 1 aliphatic rings. The monoisotopic (exact) mass is 570 g/mol. The number of fused-ring (bicyclic) bond motifs is 3. The van der Waals surface area contributed by atoms with Crippen LogP contribution in [-0.4, -0.2) is 72.3 Å². The number of carbonyl (C=O) groups excluding carboxylic acids is 3. The van der Waals surface area contributed by atoms with Crippen molar-refractivity contribution in [1.29, 1.82) is 0 Å². The van der Waals surface area contributed by atoms with Crippen LogP contribution in [-0.2, 0) is 28.5 Å². The summed E-state index contributed by atoms with van der Waals surface area (Å²) in [5, 5.41) is 14.1. The Balaban J connectivity index is 1.64. The molecule has 3 rings (SSSR count). The molecular formula is C30H38N2O9. The third-order valence-corrected chi connectivity index (χ3v) is 5.98. The van der Waals surface area contributed by atoms with E-state index in [1.807, 2.05) is 48.5 Å². The predicted molar refractivity (Wildman–Crippen MR) is 149 cm³/mol. The predicted octanol–water partition coefficient (Wildman–Crippen LogP) is 4.23. The van der Waals surface area contributed by atoms with Crippen molar-refractivity contribution in [3.63, 3.8) is 0 Å². The van der Waals surface area contributed by atoms with Crippen LogP contribution in [0.4, 0.5) is 9.59 Å². The van der Waals surface area contributed by atoms with E-state index in [1.54, 1.807) is 41.5 Å². The van der Waals surface area contributed by atoms with Crippen LogP contribution in [0, 0.1) is 0 Å². The van der Waals surface area contributed by atoms with E-state index in [0.29, 0.717) is 0 Å². The minimum Gasteiger partial charge on any atom is -0.480 e. The number of ether oxygens (including phenoxy) is 4. The molecule has 1 aliphatic carbocycles. The Labute approximate surface area is 239 Å². The summed E-state index contributed by atoms with van der Waals surface area (Å²) in [5.41, 5.74) is 2.71. The summed E-state index contributed by atoms with van der Waals surface area (Å²) in [5.74, 6) is -2.57. The molecule has 0 saturated carbocycles. The van der Waals surface area contributed by atoms with Gasteiger partial charge in [0.15, 0.2) is 12.1 Å². The van der Waals surface area contributed by atoms with Crippen LogP contribution in [0.5, 0.6) is 0 Å². The van der Waals surface area contributed by atoms with Crippen LogP contribution < -0.4 is 10.6 Å². The van der Waals surface area contributed by atoms with Gasteiger partial charge in [0.25, 0.3) is 0 Å². The minimum atomic E-state index is -1.58. The summed E-state index contributed by atoms with van der Waals surface area (Å²) in [4.78, 5) is 49.4. The average molecular weight is 571 g/mol. The van der Waals surface area contributed by atoms with E-state index in [9.17, 15) is 24.3 Å². The van der Waals surface area contributed by atoms with E-state index in [1.165, 1.54) is 0 Å². The van der Waals surface area contributed by atoms with Gasteiger partial charge in [0.1, 0.15) is 18.8 Å². The van der Waals surface area contributed by atoms with Crippen LogP contribution in [0.1, 0.15) is 58.6 Å².